The van der Waals surface area contributed by atoms with E-state index in [1.54, 1.807) is 12.1 Å². The number of carbonyl (C=O) groups is 2. The van der Waals surface area contributed by atoms with Gasteiger partial charge in [0.15, 0.2) is 0 Å². The molecule has 2 aromatic carbocycles. The highest BCUT2D eigenvalue weighted by Gasteiger charge is 2.41. The molecule has 2 amide bonds. The molecule has 1 heterocycles. The molecule has 7 heteroatoms. The first-order valence-electron chi connectivity index (χ1n) is 7.95. The molecule has 6 nitrogen and oxygen atoms in total. The first-order valence-corrected chi connectivity index (χ1v) is 9.39. The Morgan fingerprint density at radius 1 is 1.08 bits per heavy atom. The Morgan fingerprint density at radius 2 is 1.72 bits per heavy atom. The molecule has 0 radical (unpaired) electrons. The highest BCUT2D eigenvalue weighted by atomic mass is 32.2. The van der Waals surface area contributed by atoms with Gasteiger partial charge in [-0.25, -0.2) is 12.7 Å². The van der Waals surface area contributed by atoms with Gasteiger partial charge in [0.1, 0.15) is 11.4 Å². The topological polar surface area (TPSA) is 83.6 Å². The smallest absolute Gasteiger partial charge is 0.269 e. The lowest BCUT2D eigenvalue weighted by Gasteiger charge is -2.20. The van der Waals surface area contributed by atoms with E-state index in [0.29, 0.717) is 10.7 Å². The highest BCUT2D eigenvalue weighted by Crippen LogP contribution is 2.29. The molecule has 3 rings (SSSR count). The van der Waals surface area contributed by atoms with E-state index in [4.69, 9.17) is 0 Å². The fourth-order valence-corrected chi connectivity index (χ4v) is 4.39. The monoisotopic (exact) mass is 358 g/mol. The Balaban J connectivity index is 1.77. The van der Waals surface area contributed by atoms with Gasteiger partial charge in [-0.2, -0.15) is 0 Å². The molecule has 0 unspecified atom stereocenters. The molecule has 2 aromatic rings. The van der Waals surface area contributed by atoms with Crippen LogP contribution >= 0.6 is 0 Å². The van der Waals surface area contributed by atoms with Gasteiger partial charge in [-0.15, -0.1) is 0 Å². The Bertz CT molecular complexity index is 910. The second kappa shape index (κ2) is 6.68. The van der Waals surface area contributed by atoms with Gasteiger partial charge in [-0.05, 0) is 24.1 Å². The number of carbonyl (C=O) groups excluding carboxylic acids is 2. The second-order valence-electron chi connectivity index (χ2n) is 5.75. The number of benzene rings is 2. The summed E-state index contributed by atoms with van der Waals surface area (Å²) >= 11 is 0. The summed E-state index contributed by atoms with van der Waals surface area (Å²) in [6, 6.07) is 15.1. The van der Waals surface area contributed by atoms with Crippen molar-refractivity contribution in [3.8, 4) is 0 Å². The molecular weight excluding hydrogens is 340 g/mol. The zero-order valence-corrected chi connectivity index (χ0v) is 14.5. The maximum atomic E-state index is 12.5. The number of rotatable bonds is 5. The van der Waals surface area contributed by atoms with Crippen LogP contribution in [-0.4, -0.2) is 31.1 Å². The second-order valence-corrected chi connectivity index (χ2v) is 7.58. The summed E-state index contributed by atoms with van der Waals surface area (Å²) in [6.07, 6.45) is 0.649. The van der Waals surface area contributed by atoms with Crippen LogP contribution in [0.25, 0.3) is 0 Å². The van der Waals surface area contributed by atoms with Gasteiger partial charge in [0.05, 0.1) is 11.6 Å². The lowest BCUT2D eigenvalue weighted by atomic mass is 10.0. The maximum Gasteiger partial charge on any atom is 0.269 e. The van der Waals surface area contributed by atoms with Crippen molar-refractivity contribution in [3.63, 3.8) is 0 Å². The Labute approximate surface area is 146 Å². The lowest BCUT2D eigenvalue weighted by Crippen LogP contribution is -2.41. The number of hydrogen-bond acceptors (Lipinski definition) is 4. The summed E-state index contributed by atoms with van der Waals surface area (Å²) in [6.45, 7) is 1.39. The van der Waals surface area contributed by atoms with Gasteiger partial charge in [0.25, 0.3) is 15.9 Å². The van der Waals surface area contributed by atoms with E-state index in [-0.39, 0.29) is 16.5 Å². The van der Waals surface area contributed by atoms with Crippen molar-refractivity contribution >= 4 is 21.8 Å². The summed E-state index contributed by atoms with van der Waals surface area (Å²) in [5.41, 5.74) is 1.03. The van der Waals surface area contributed by atoms with Gasteiger partial charge in [0.2, 0.25) is 5.91 Å². The number of amides is 2. The maximum absolute atomic E-state index is 12.5. The van der Waals surface area contributed by atoms with Gasteiger partial charge in [-0.3, -0.25) is 9.59 Å². The standard InChI is InChI=1S/C18H18N2O4S/c1-2-15(13-8-4-3-5-9-13)19-17(21)12-20-18(22)14-10-6-7-11-16(14)25(20,23)24/h3-11,15H,2,12H2,1H3,(H,19,21)/t15-/m0/s1. The summed E-state index contributed by atoms with van der Waals surface area (Å²) in [5, 5.41) is 2.80. The van der Waals surface area contributed by atoms with E-state index in [0.717, 1.165) is 5.56 Å². The molecule has 1 N–H and O–H groups in total. The van der Waals surface area contributed by atoms with E-state index in [1.165, 1.54) is 12.1 Å². The van der Waals surface area contributed by atoms with Crippen molar-refractivity contribution < 1.29 is 18.0 Å². The van der Waals surface area contributed by atoms with Crippen LogP contribution in [-0.2, 0) is 14.8 Å². The zero-order chi connectivity index (χ0) is 18.0. The molecule has 0 aromatic heterocycles. The van der Waals surface area contributed by atoms with Crippen molar-refractivity contribution in [1.29, 1.82) is 0 Å². The normalized spacial score (nSPS) is 16.4. The summed E-state index contributed by atoms with van der Waals surface area (Å²) in [7, 11) is -3.97. The zero-order valence-electron chi connectivity index (χ0n) is 13.7. The van der Waals surface area contributed by atoms with Crippen molar-refractivity contribution in [2.75, 3.05) is 6.54 Å². The molecule has 0 aliphatic carbocycles. The van der Waals surface area contributed by atoms with Gasteiger partial charge in [0, 0.05) is 0 Å². The summed E-state index contributed by atoms with van der Waals surface area (Å²) in [4.78, 5) is 24.6. The third-order valence-corrected chi connectivity index (χ3v) is 5.93. The number of hydrogen-bond donors (Lipinski definition) is 1. The first-order chi connectivity index (χ1) is 11.9. The summed E-state index contributed by atoms with van der Waals surface area (Å²) < 4.78 is 25.6. The molecule has 0 fully saturated rings. The van der Waals surface area contributed by atoms with E-state index < -0.39 is 28.4 Å². The predicted molar refractivity (Wildman–Crippen MR) is 92.3 cm³/mol. The SMILES string of the molecule is CC[C@H](NC(=O)CN1C(=O)c2ccccc2S1(=O)=O)c1ccccc1. The van der Waals surface area contributed by atoms with Crippen LogP contribution in [0.4, 0.5) is 0 Å². The predicted octanol–water partition coefficient (Wildman–Crippen LogP) is 2.10. The summed E-state index contributed by atoms with van der Waals surface area (Å²) in [5.74, 6) is -1.18. The largest absolute Gasteiger partial charge is 0.348 e. The third-order valence-electron chi connectivity index (χ3n) is 4.14. The molecule has 25 heavy (non-hydrogen) atoms. The van der Waals surface area contributed by atoms with Crippen LogP contribution in [0.1, 0.15) is 35.3 Å². The van der Waals surface area contributed by atoms with E-state index >= 15 is 0 Å². The van der Waals surface area contributed by atoms with Crippen molar-refractivity contribution in [1.82, 2.24) is 9.62 Å². The highest BCUT2D eigenvalue weighted by molar-refractivity contribution is 7.90. The fourth-order valence-electron chi connectivity index (χ4n) is 2.86. The Hall–Kier alpha value is -2.67. The van der Waals surface area contributed by atoms with Crippen molar-refractivity contribution in [2.45, 2.75) is 24.3 Å². The minimum Gasteiger partial charge on any atom is -0.348 e. The van der Waals surface area contributed by atoms with Crippen LogP contribution in [0.15, 0.2) is 59.5 Å². The van der Waals surface area contributed by atoms with Crippen molar-refractivity contribution in [3.05, 3.63) is 65.7 Å². The molecule has 1 aliphatic heterocycles. The quantitative estimate of drug-likeness (QED) is 0.887. The molecule has 1 atom stereocenters. The first kappa shape index (κ1) is 17.2. The van der Waals surface area contributed by atoms with E-state index in [1.807, 2.05) is 37.3 Å². The van der Waals surface area contributed by atoms with Gasteiger partial charge in [-0.1, -0.05) is 49.4 Å². The number of nitrogens with one attached hydrogen (secondary N) is 1. The molecule has 0 saturated heterocycles. The van der Waals surface area contributed by atoms with Gasteiger partial charge >= 0.3 is 0 Å². The van der Waals surface area contributed by atoms with Crippen LogP contribution in [0.3, 0.4) is 0 Å². The number of nitrogens with zero attached hydrogens (tertiary/aromatic N) is 1. The molecule has 1 aliphatic rings. The molecule has 0 bridgehead atoms. The molecule has 0 saturated carbocycles. The average molecular weight is 358 g/mol. The van der Waals surface area contributed by atoms with Crippen LogP contribution in [0.2, 0.25) is 0 Å². The number of sulfonamides is 1. The lowest BCUT2D eigenvalue weighted by molar-refractivity contribution is -0.121. The number of fused-ring (bicyclic) bond motifs is 1. The van der Waals surface area contributed by atoms with E-state index in [2.05, 4.69) is 5.32 Å². The Kier molecular flexibility index (Phi) is 4.59. The molecular formula is C18H18N2O4S. The molecule has 130 valence electrons. The fraction of sp³-hybridized carbons (Fsp3) is 0.222. The Morgan fingerprint density at radius 3 is 2.36 bits per heavy atom. The average Bonchev–Trinajstić information content (AvgIpc) is 2.82. The third kappa shape index (κ3) is 3.15. The van der Waals surface area contributed by atoms with E-state index in [9.17, 15) is 18.0 Å². The van der Waals surface area contributed by atoms with Crippen molar-refractivity contribution in [2.24, 2.45) is 0 Å². The van der Waals surface area contributed by atoms with Crippen LogP contribution in [0.5, 0.6) is 0 Å². The van der Waals surface area contributed by atoms with Crippen LogP contribution < -0.4 is 5.32 Å². The van der Waals surface area contributed by atoms with Gasteiger partial charge < -0.3 is 5.32 Å². The molecule has 0 spiro atoms. The minimum absolute atomic E-state index is 0.0529. The van der Waals surface area contributed by atoms with Crippen LogP contribution in [0, 0.1) is 0 Å². The minimum atomic E-state index is -3.97.